The molecule has 0 unspecified atom stereocenters. The van der Waals surface area contributed by atoms with Crippen LogP contribution in [0.1, 0.15) is 21.7 Å². The molecule has 20 heavy (non-hydrogen) atoms. The van der Waals surface area contributed by atoms with Gasteiger partial charge in [0.2, 0.25) is 10.0 Å². The number of benzene rings is 1. The third kappa shape index (κ3) is 2.86. The molecule has 0 bridgehead atoms. The minimum absolute atomic E-state index is 0.0690. The molecule has 1 aromatic heterocycles. The zero-order chi connectivity index (χ0) is 14.9. The van der Waals surface area contributed by atoms with Gasteiger partial charge < -0.3 is 9.84 Å². The zero-order valence-electron chi connectivity index (χ0n) is 10.9. The Balaban J connectivity index is 2.34. The second-order valence-electron chi connectivity index (χ2n) is 4.27. The summed E-state index contributed by atoms with van der Waals surface area (Å²) in [6.45, 7) is 3.35. The summed E-state index contributed by atoms with van der Waals surface area (Å²) >= 11 is 0. The maximum atomic E-state index is 12.0. The highest BCUT2D eigenvalue weighted by atomic mass is 32.2. The fourth-order valence-electron chi connectivity index (χ4n) is 1.62. The molecule has 0 fully saturated rings. The molecule has 8 heteroatoms. The predicted octanol–water partition coefficient (Wildman–Crippen LogP) is 1.19. The van der Waals surface area contributed by atoms with E-state index in [1.165, 1.54) is 18.3 Å². The van der Waals surface area contributed by atoms with Crippen LogP contribution in [0.3, 0.4) is 0 Å². The van der Waals surface area contributed by atoms with E-state index in [2.05, 4.69) is 10.5 Å². The number of anilines is 1. The van der Waals surface area contributed by atoms with Crippen molar-refractivity contribution in [3.05, 3.63) is 41.3 Å². The number of rotatable bonds is 3. The highest BCUT2D eigenvalue weighted by Crippen LogP contribution is 2.20. The highest BCUT2D eigenvalue weighted by molar-refractivity contribution is 7.89. The zero-order valence-corrected chi connectivity index (χ0v) is 11.7. The van der Waals surface area contributed by atoms with Crippen LogP contribution in [0.4, 0.5) is 5.69 Å². The minimum Gasteiger partial charge on any atom is -0.361 e. The van der Waals surface area contributed by atoms with Gasteiger partial charge in [-0.05, 0) is 31.5 Å². The molecule has 1 aromatic carbocycles. The quantitative estimate of drug-likeness (QED) is 0.882. The SMILES string of the molecule is Cc1ccc(S(N)(=O)=O)cc1NC(=O)c1cnoc1C. The summed E-state index contributed by atoms with van der Waals surface area (Å²) < 4.78 is 27.4. The molecule has 0 aliphatic carbocycles. The van der Waals surface area contributed by atoms with E-state index in [0.717, 1.165) is 0 Å². The number of sulfonamides is 1. The summed E-state index contributed by atoms with van der Waals surface area (Å²) in [6.07, 6.45) is 1.30. The van der Waals surface area contributed by atoms with E-state index >= 15 is 0 Å². The van der Waals surface area contributed by atoms with Gasteiger partial charge in [-0.3, -0.25) is 4.79 Å². The first-order chi connectivity index (χ1) is 9.29. The van der Waals surface area contributed by atoms with Gasteiger partial charge in [-0.1, -0.05) is 11.2 Å². The molecule has 1 amide bonds. The van der Waals surface area contributed by atoms with Gasteiger partial charge in [0.1, 0.15) is 11.3 Å². The van der Waals surface area contributed by atoms with Crippen LogP contribution < -0.4 is 10.5 Å². The Kier molecular flexibility index (Phi) is 3.60. The highest BCUT2D eigenvalue weighted by Gasteiger charge is 2.16. The first-order valence-corrected chi connectivity index (χ1v) is 7.20. The molecule has 2 rings (SSSR count). The molecule has 0 spiro atoms. The van der Waals surface area contributed by atoms with Crippen molar-refractivity contribution in [2.24, 2.45) is 5.14 Å². The van der Waals surface area contributed by atoms with Crippen LogP contribution in [0.25, 0.3) is 0 Å². The molecule has 0 aliphatic heterocycles. The molecule has 7 nitrogen and oxygen atoms in total. The number of hydrogen-bond donors (Lipinski definition) is 2. The van der Waals surface area contributed by atoms with Gasteiger partial charge in [-0.15, -0.1) is 0 Å². The molecule has 106 valence electrons. The van der Waals surface area contributed by atoms with Crippen molar-refractivity contribution in [1.82, 2.24) is 5.16 Å². The van der Waals surface area contributed by atoms with Crippen molar-refractivity contribution in [2.45, 2.75) is 18.7 Å². The van der Waals surface area contributed by atoms with Gasteiger partial charge in [0, 0.05) is 5.69 Å². The van der Waals surface area contributed by atoms with Crippen LogP contribution in [0, 0.1) is 13.8 Å². The van der Waals surface area contributed by atoms with E-state index in [1.807, 2.05) is 0 Å². The van der Waals surface area contributed by atoms with Gasteiger partial charge in [0.05, 0.1) is 11.1 Å². The topological polar surface area (TPSA) is 115 Å². The number of primary sulfonamides is 1. The number of nitrogens with one attached hydrogen (secondary N) is 1. The van der Waals surface area contributed by atoms with Crippen molar-refractivity contribution in [3.8, 4) is 0 Å². The number of hydrogen-bond acceptors (Lipinski definition) is 5. The lowest BCUT2D eigenvalue weighted by Gasteiger charge is -2.09. The molecular formula is C12H13N3O4S. The van der Waals surface area contributed by atoms with E-state index in [0.29, 0.717) is 17.0 Å². The molecular weight excluding hydrogens is 282 g/mol. The largest absolute Gasteiger partial charge is 0.361 e. The first kappa shape index (κ1) is 14.2. The third-order valence-electron chi connectivity index (χ3n) is 2.78. The third-order valence-corrected chi connectivity index (χ3v) is 3.69. The van der Waals surface area contributed by atoms with Crippen molar-refractivity contribution >= 4 is 21.6 Å². The van der Waals surface area contributed by atoms with Crippen LogP contribution in [-0.2, 0) is 10.0 Å². The fraction of sp³-hybridized carbons (Fsp3) is 0.167. The molecule has 0 saturated carbocycles. The number of amides is 1. The smallest absolute Gasteiger partial charge is 0.260 e. The number of carbonyl (C=O) groups excluding carboxylic acids is 1. The summed E-state index contributed by atoms with van der Waals surface area (Å²) in [5, 5.41) is 11.2. The van der Waals surface area contributed by atoms with Crippen LogP contribution in [0.5, 0.6) is 0 Å². The molecule has 2 aromatic rings. The monoisotopic (exact) mass is 295 g/mol. The molecule has 3 N–H and O–H groups in total. The molecule has 0 aliphatic rings. The van der Waals surface area contributed by atoms with E-state index < -0.39 is 15.9 Å². The van der Waals surface area contributed by atoms with Crippen LogP contribution in [0.15, 0.2) is 33.8 Å². The molecule has 0 atom stereocenters. The van der Waals surface area contributed by atoms with Crippen LogP contribution in [-0.4, -0.2) is 19.5 Å². The van der Waals surface area contributed by atoms with Crippen molar-refractivity contribution in [2.75, 3.05) is 5.32 Å². The van der Waals surface area contributed by atoms with Crippen LogP contribution in [0.2, 0.25) is 0 Å². The summed E-state index contributed by atoms with van der Waals surface area (Å²) in [4.78, 5) is 11.9. The maximum absolute atomic E-state index is 12.0. The van der Waals surface area contributed by atoms with Gasteiger partial charge >= 0.3 is 0 Å². The van der Waals surface area contributed by atoms with E-state index in [-0.39, 0.29) is 10.5 Å². The average molecular weight is 295 g/mol. The molecule has 0 saturated heterocycles. The Labute approximate surface area is 115 Å². The predicted molar refractivity (Wildman–Crippen MR) is 71.7 cm³/mol. The number of nitrogens with zero attached hydrogens (tertiary/aromatic N) is 1. The number of carbonyl (C=O) groups is 1. The summed E-state index contributed by atoms with van der Waals surface area (Å²) in [5.41, 5.74) is 1.35. The average Bonchev–Trinajstić information content (AvgIpc) is 2.77. The number of nitrogens with two attached hydrogens (primary N) is 1. The van der Waals surface area contributed by atoms with E-state index in [1.54, 1.807) is 19.9 Å². The Bertz CT molecular complexity index is 765. The number of aryl methyl sites for hydroxylation is 2. The van der Waals surface area contributed by atoms with Gasteiger partial charge in [-0.25, -0.2) is 13.6 Å². The van der Waals surface area contributed by atoms with Crippen molar-refractivity contribution in [1.29, 1.82) is 0 Å². The molecule has 0 radical (unpaired) electrons. The Morgan fingerprint density at radius 2 is 2.05 bits per heavy atom. The Morgan fingerprint density at radius 3 is 2.60 bits per heavy atom. The lowest BCUT2D eigenvalue weighted by Crippen LogP contribution is -2.15. The second-order valence-corrected chi connectivity index (χ2v) is 5.83. The maximum Gasteiger partial charge on any atom is 0.260 e. The van der Waals surface area contributed by atoms with Gasteiger partial charge in [-0.2, -0.15) is 0 Å². The normalized spacial score (nSPS) is 11.3. The Hall–Kier alpha value is -2.19. The fourth-order valence-corrected chi connectivity index (χ4v) is 2.16. The van der Waals surface area contributed by atoms with E-state index in [4.69, 9.17) is 9.66 Å². The minimum atomic E-state index is -3.82. The molecule has 1 heterocycles. The Morgan fingerprint density at radius 1 is 1.35 bits per heavy atom. The van der Waals surface area contributed by atoms with E-state index in [9.17, 15) is 13.2 Å². The lowest BCUT2D eigenvalue weighted by atomic mass is 10.2. The lowest BCUT2D eigenvalue weighted by molar-refractivity contribution is 0.102. The summed E-state index contributed by atoms with van der Waals surface area (Å²) in [7, 11) is -3.82. The second kappa shape index (κ2) is 5.06. The van der Waals surface area contributed by atoms with Crippen LogP contribution >= 0.6 is 0 Å². The van der Waals surface area contributed by atoms with Crippen molar-refractivity contribution < 1.29 is 17.7 Å². The standard InChI is InChI=1S/C12H13N3O4S/c1-7-3-4-9(20(13,17)18)5-11(7)15-12(16)10-6-14-19-8(10)2/h3-6H,1-2H3,(H,15,16)(H2,13,17,18). The van der Waals surface area contributed by atoms with Crippen molar-refractivity contribution in [3.63, 3.8) is 0 Å². The summed E-state index contributed by atoms with van der Waals surface area (Å²) in [5.74, 6) is -0.0545. The first-order valence-electron chi connectivity index (χ1n) is 5.65. The van der Waals surface area contributed by atoms with Gasteiger partial charge in [0.25, 0.3) is 5.91 Å². The number of aromatic nitrogens is 1. The summed E-state index contributed by atoms with van der Waals surface area (Å²) in [6, 6.07) is 4.26. The van der Waals surface area contributed by atoms with Gasteiger partial charge in [0.15, 0.2) is 0 Å².